The SMILES string of the molecule is COC(=O)C(CCCCN)N(Cc1ccccc1)S(=O)(=O)c1ccc(OC)cc1. The summed E-state index contributed by atoms with van der Waals surface area (Å²) < 4.78 is 38.2. The Morgan fingerprint density at radius 3 is 2.24 bits per heavy atom. The second-order valence-corrected chi connectivity index (χ2v) is 8.43. The fourth-order valence-electron chi connectivity index (χ4n) is 3.01. The lowest BCUT2D eigenvalue weighted by Gasteiger charge is -2.29. The Bertz CT molecular complexity index is 870. The van der Waals surface area contributed by atoms with Gasteiger partial charge >= 0.3 is 5.97 Å². The van der Waals surface area contributed by atoms with E-state index in [-0.39, 0.29) is 11.4 Å². The van der Waals surface area contributed by atoms with Crippen LogP contribution in [0.25, 0.3) is 0 Å². The Morgan fingerprint density at radius 2 is 1.69 bits per heavy atom. The minimum absolute atomic E-state index is 0.0532. The van der Waals surface area contributed by atoms with E-state index in [4.69, 9.17) is 15.2 Å². The summed E-state index contributed by atoms with van der Waals surface area (Å²) >= 11 is 0. The number of sulfonamides is 1. The predicted molar refractivity (Wildman–Crippen MR) is 111 cm³/mol. The predicted octanol–water partition coefficient (Wildman–Crippen LogP) is 2.56. The number of hydrogen-bond donors (Lipinski definition) is 1. The normalized spacial score (nSPS) is 12.6. The van der Waals surface area contributed by atoms with Crippen molar-refractivity contribution in [2.75, 3.05) is 20.8 Å². The molecule has 158 valence electrons. The number of benzene rings is 2. The number of carbonyl (C=O) groups excluding carboxylic acids is 1. The van der Waals surface area contributed by atoms with Gasteiger partial charge in [-0.3, -0.25) is 4.79 Å². The summed E-state index contributed by atoms with van der Waals surface area (Å²) in [7, 11) is -1.20. The fourth-order valence-corrected chi connectivity index (χ4v) is 4.60. The van der Waals surface area contributed by atoms with E-state index in [1.165, 1.54) is 30.7 Å². The third kappa shape index (κ3) is 6.03. The maximum absolute atomic E-state index is 13.5. The quantitative estimate of drug-likeness (QED) is 0.443. The molecular formula is C21H28N2O5S. The van der Waals surface area contributed by atoms with Crippen LogP contribution in [0.4, 0.5) is 0 Å². The van der Waals surface area contributed by atoms with Crippen LogP contribution >= 0.6 is 0 Å². The maximum atomic E-state index is 13.5. The molecule has 0 aromatic heterocycles. The topological polar surface area (TPSA) is 98.9 Å². The zero-order valence-electron chi connectivity index (χ0n) is 16.8. The van der Waals surface area contributed by atoms with Gasteiger partial charge in [0.25, 0.3) is 0 Å². The molecule has 1 unspecified atom stereocenters. The van der Waals surface area contributed by atoms with Crippen molar-refractivity contribution in [2.24, 2.45) is 5.73 Å². The van der Waals surface area contributed by atoms with Crippen molar-refractivity contribution in [3.05, 3.63) is 60.2 Å². The number of esters is 1. The zero-order chi connectivity index (χ0) is 21.3. The molecule has 0 aliphatic heterocycles. The highest BCUT2D eigenvalue weighted by Gasteiger charge is 2.36. The third-order valence-electron chi connectivity index (χ3n) is 4.60. The minimum Gasteiger partial charge on any atom is -0.497 e. The van der Waals surface area contributed by atoms with Crippen molar-refractivity contribution in [3.63, 3.8) is 0 Å². The number of ether oxygens (including phenoxy) is 2. The van der Waals surface area contributed by atoms with Crippen LogP contribution in [0.1, 0.15) is 24.8 Å². The van der Waals surface area contributed by atoms with Gasteiger partial charge < -0.3 is 15.2 Å². The van der Waals surface area contributed by atoms with Gasteiger partial charge in [0.2, 0.25) is 10.0 Å². The highest BCUT2D eigenvalue weighted by molar-refractivity contribution is 7.89. The number of methoxy groups -OCH3 is 2. The molecule has 2 aromatic carbocycles. The summed E-state index contributed by atoms with van der Waals surface area (Å²) in [6.07, 6.45) is 1.63. The van der Waals surface area contributed by atoms with Crippen LogP contribution in [0, 0.1) is 0 Å². The third-order valence-corrected chi connectivity index (χ3v) is 6.47. The molecule has 8 heteroatoms. The second-order valence-electron chi connectivity index (χ2n) is 6.53. The molecule has 0 bridgehead atoms. The van der Waals surface area contributed by atoms with Crippen LogP contribution in [-0.4, -0.2) is 45.5 Å². The lowest BCUT2D eigenvalue weighted by Crippen LogP contribution is -2.45. The monoisotopic (exact) mass is 420 g/mol. The first-order chi connectivity index (χ1) is 13.9. The van der Waals surface area contributed by atoms with Gasteiger partial charge in [0.05, 0.1) is 19.1 Å². The van der Waals surface area contributed by atoms with Gasteiger partial charge in [0.1, 0.15) is 11.8 Å². The summed E-state index contributed by atoms with van der Waals surface area (Å²) in [6, 6.07) is 14.3. The van der Waals surface area contributed by atoms with Crippen molar-refractivity contribution in [2.45, 2.75) is 36.7 Å². The maximum Gasteiger partial charge on any atom is 0.324 e. The first-order valence-corrected chi connectivity index (χ1v) is 10.9. The Balaban J connectivity index is 2.46. The summed E-state index contributed by atoms with van der Waals surface area (Å²) in [5.41, 5.74) is 6.34. The molecule has 0 spiro atoms. The van der Waals surface area contributed by atoms with Crippen molar-refractivity contribution in [1.29, 1.82) is 0 Å². The van der Waals surface area contributed by atoms with Crippen molar-refractivity contribution in [3.8, 4) is 5.75 Å². The standard InChI is InChI=1S/C21H28N2O5S/c1-27-18-11-13-19(14-12-18)29(25,26)23(16-17-8-4-3-5-9-17)20(21(24)28-2)10-6-7-15-22/h3-5,8-9,11-14,20H,6-7,10,15-16,22H2,1-2H3. The fraction of sp³-hybridized carbons (Fsp3) is 0.381. The van der Waals surface area contributed by atoms with Gasteiger partial charge in [0, 0.05) is 6.54 Å². The van der Waals surface area contributed by atoms with Gasteiger partial charge in [-0.05, 0) is 55.6 Å². The van der Waals surface area contributed by atoms with Crippen LogP contribution in [-0.2, 0) is 26.1 Å². The highest BCUT2D eigenvalue weighted by atomic mass is 32.2. The zero-order valence-corrected chi connectivity index (χ0v) is 17.6. The molecule has 0 saturated carbocycles. The summed E-state index contributed by atoms with van der Waals surface area (Å²) in [5, 5.41) is 0. The summed E-state index contributed by atoms with van der Waals surface area (Å²) in [5.74, 6) is -0.0407. The number of carbonyl (C=O) groups is 1. The van der Waals surface area contributed by atoms with Gasteiger partial charge in [-0.2, -0.15) is 4.31 Å². The minimum atomic E-state index is -3.97. The Labute approximate surface area is 172 Å². The van der Waals surface area contributed by atoms with E-state index in [9.17, 15) is 13.2 Å². The van der Waals surface area contributed by atoms with Crippen LogP contribution in [0.5, 0.6) is 5.75 Å². The average Bonchev–Trinajstić information content (AvgIpc) is 2.75. The Hall–Kier alpha value is -2.42. The van der Waals surface area contributed by atoms with Gasteiger partial charge in [0.15, 0.2) is 0 Å². The number of rotatable bonds is 11. The highest BCUT2D eigenvalue weighted by Crippen LogP contribution is 2.26. The lowest BCUT2D eigenvalue weighted by atomic mass is 10.1. The van der Waals surface area contributed by atoms with E-state index in [0.717, 1.165) is 5.56 Å². The largest absolute Gasteiger partial charge is 0.497 e. The molecule has 0 aliphatic rings. The van der Waals surface area contributed by atoms with Gasteiger partial charge in [-0.1, -0.05) is 30.3 Å². The molecule has 29 heavy (non-hydrogen) atoms. The van der Waals surface area contributed by atoms with E-state index in [1.54, 1.807) is 12.1 Å². The molecule has 0 amide bonds. The molecule has 7 nitrogen and oxygen atoms in total. The Morgan fingerprint density at radius 1 is 1.03 bits per heavy atom. The van der Waals surface area contributed by atoms with Crippen LogP contribution in [0.2, 0.25) is 0 Å². The Kier molecular flexibility index (Phi) is 8.63. The number of nitrogens with two attached hydrogens (primary N) is 1. The second kappa shape index (κ2) is 10.9. The first kappa shape index (κ1) is 22.9. The van der Waals surface area contributed by atoms with Crippen molar-refractivity contribution in [1.82, 2.24) is 4.31 Å². The molecular weight excluding hydrogens is 392 g/mol. The molecule has 2 aromatic rings. The van der Waals surface area contributed by atoms with Crippen LogP contribution in [0.15, 0.2) is 59.5 Å². The van der Waals surface area contributed by atoms with E-state index >= 15 is 0 Å². The molecule has 1 atom stereocenters. The smallest absolute Gasteiger partial charge is 0.324 e. The molecule has 0 heterocycles. The van der Waals surface area contributed by atoms with Crippen molar-refractivity contribution >= 4 is 16.0 Å². The molecule has 0 radical (unpaired) electrons. The molecule has 0 fully saturated rings. The summed E-state index contributed by atoms with van der Waals surface area (Å²) in [4.78, 5) is 12.6. The van der Waals surface area contributed by atoms with E-state index in [0.29, 0.717) is 31.6 Å². The van der Waals surface area contributed by atoms with Gasteiger partial charge in [-0.15, -0.1) is 0 Å². The average molecular weight is 421 g/mol. The number of unbranched alkanes of at least 4 members (excludes halogenated alkanes) is 1. The van der Waals surface area contributed by atoms with Crippen LogP contribution in [0.3, 0.4) is 0 Å². The molecule has 2 N–H and O–H groups in total. The van der Waals surface area contributed by atoms with Crippen molar-refractivity contribution < 1.29 is 22.7 Å². The lowest BCUT2D eigenvalue weighted by molar-refractivity contribution is -0.145. The number of nitrogens with zero attached hydrogens (tertiary/aromatic N) is 1. The molecule has 0 aliphatic carbocycles. The van der Waals surface area contributed by atoms with Gasteiger partial charge in [-0.25, -0.2) is 8.42 Å². The number of hydrogen-bond acceptors (Lipinski definition) is 6. The van der Waals surface area contributed by atoms with E-state index in [1.807, 2.05) is 30.3 Å². The van der Waals surface area contributed by atoms with E-state index in [2.05, 4.69) is 0 Å². The molecule has 0 saturated heterocycles. The summed E-state index contributed by atoms with van der Waals surface area (Å²) in [6.45, 7) is 0.523. The van der Waals surface area contributed by atoms with E-state index < -0.39 is 22.0 Å². The van der Waals surface area contributed by atoms with Crippen LogP contribution < -0.4 is 10.5 Å². The first-order valence-electron chi connectivity index (χ1n) is 9.41. The molecule has 2 rings (SSSR count).